The number of hydrogen-bond acceptors (Lipinski definition) is 5. The van der Waals surface area contributed by atoms with Crippen molar-refractivity contribution in [3.63, 3.8) is 0 Å². The summed E-state index contributed by atoms with van der Waals surface area (Å²) in [6.45, 7) is 3.93. The Morgan fingerprint density at radius 3 is 2.81 bits per heavy atom. The Kier molecular flexibility index (Phi) is 7.52. The van der Waals surface area contributed by atoms with Gasteiger partial charge in [0.25, 0.3) is 5.91 Å². The number of rotatable bonds is 8. The smallest absolute Gasteiger partial charge is 0.251 e. The van der Waals surface area contributed by atoms with E-state index < -0.39 is 0 Å². The molecule has 1 saturated heterocycles. The largest absolute Gasteiger partial charge is 0.490 e. The average molecular weight is 409 g/mol. The fourth-order valence-corrected chi connectivity index (χ4v) is 4.24. The Hall–Kier alpha value is -1.60. The lowest BCUT2D eigenvalue weighted by Crippen LogP contribution is -2.37. The van der Waals surface area contributed by atoms with Gasteiger partial charge in [-0.25, -0.2) is 0 Å². The van der Waals surface area contributed by atoms with Crippen molar-refractivity contribution < 1.29 is 14.3 Å². The molecule has 1 aromatic heterocycles. The number of carbonyl (C=O) groups is 1. The summed E-state index contributed by atoms with van der Waals surface area (Å²) in [7, 11) is 1.61. The first-order valence-electron chi connectivity index (χ1n) is 9.14. The van der Waals surface area contributed by atoms with Crippen LogP contribution in [-0.4, -0.2) is 50.3 Å². The summed E-state index contributed by atoms with van der Waals surface area (Å²) in [6, 6.07) is 11.4. The Labute approximate surface area is 169 Å². The molecule has 2 heterocycles. The third-order valence-electron chi connectivity index (χ3n) is 4.53. The Morgan fingerprint density at radius 1 is 1.30 bits per heavy atom. The molecule has 0 bridgehead atoms. The van der Waals surface area contributed by atoms with Gasteiger partial charge in [-0.15, -0.1) is 11.3 Å². The molecular formula is C20H25ClN2O3S. The highest BCUT2D eigenvalue weighted by molar-refractivity contribution is 7.16. The predicted molar refractivity (Wildman–Crippen MR) is 109 cm³/mol. The number of benzene rings is 1. The lowest BCUT2D eigenvalue weighted by atomic mass is 10.1. The maximum Gasteiger partial charge on any atom is 0.251 e. The zero-order chi connectivity index (χ0) is 19.1. The molecule has 3 rings (SSSR count). The number of piperidine rings is 1. The molecule has 0 atom stereocenters. The SMILES string of the molecule is COCCNC(=O)c1cccc(OC2CCN(Cc3ccc(Cl)s3)CC2)c1. The second-order valence-corrected chi connectivity index (χ2v) is 8.38. The van der Waals surface area contributed by atoms with Gasteiger partial charge in [0.15, 0.2) is 0 Å². The van der Waals surface area contributed by atoms with Gasteiger partial charge in [0.2, 0.25) is 0 Å². The molecule has 27 heavy (non-hydrogen) atoms. The van der Waals surface area contributed by atoms with Crippen LogP contribution in [0.2, 0.25) is 4.34 Å². The summed E-state index contributed by atoms with van der Waals surface area (Å²) in [5.74, 6) is 0.639. The molecule has 0 unspecified atom stereocenters. The van der Waals surface area contributed by atoms with Crippen molar-refractivity contribution in [2.24, 2.45) is 0 Å². The summed E-state index contributed by atoms with van der Waals surface area (Å²) >= 11 is 7.65. The van der Waals surface area contributed by atoms with Crippen LogP contribution in [-0.2, 0) is 11.3 Å². The second kappa shape index (κ2) is 10.1. The fraction of sp³-hybridized carbons (Fsp3) is 0.450. The molecule has 7 heteroatoms. The number of hydrogen-bond donors (Lipinski definition) is 1. The number of likely N-dealkylation sites (tertiary alicyclic amines) is 1. The van der Waals surface area contributed by atoms with Gasteiger partial charge in [0.05, 0.1) is 10.9 Å². The minimum absolute atomic E-state index is 0.109. The van der Waals surface area contributed by atoms with E-state index >= 15 is 0 Å². The lowest BCUT2D eigenvalue weighted by Gasteiger charge is -2.31. The minimum Gasteiger partial charge on any atom is -0.490 e. The van der Waals surface area contributed by atoms with Crippen molar-refractivity contribution in [1.82, 2.24) is 10.2 Å². The number of methoxy groups -OCH3 is 1. The predicted octanol–water partition coefficient (Wildman–Crippen LogP) is 3.82. The average Bonchev–Trinajstić information content (AvgIpc) is 3.08. The van der Waals surface area contributed by atoms with Crippen molar-refractivity contribution in [3.05, 3.63) is 51.2 Å². The van der Waals surface area contributed by atoms with Gasteiger partial charge in [-0.1, -0.05) is 17.7 Å². The molecule has 1 aliphatic rings. The van der Waals surface area contributed by atoms with E-state index in [4.69, 9.17) is 21.1 Å². The number of nitrogens with zero attached hydrogens (tertiary/aromatic N) is 1. The first kappa shape index (κ1) is 20.1. The van der Waals surface area contributed by atoms with Crippen LogP contribution >= 0.6 is 22.9 Å². The summed E-state index contributed by atoms with van der Waals surface area (Å²) in [4.78, 5) is 15.9. The number of halogens is 1. The molecule has 0 aliphatic carbocycles. The van der Waals surface area contributed by atoms with Gasteiger partial charge in [0.1, 0.15) is 11.9 Å². The summed E-state index contributed by atoms with van der Waals surface area (Å²) < 4.78 is 11.9. The summed E-state index contributed by atoms with van der Waals surface area (Å²) in [5, 5.41) is 2.83. The van der Waals surface area contributed by atoms with Crippen LogP contribution in [0.3, 0.4) is 0 Å². The van der Waals surface area contributed by atoms with E-state index in [1.54, 1.807) is 24.5 Å². The highest BCUT2D eigenvalue weighted by Gasteiger charge is 2.21. The first-order valence-corrected chi connectivity index (χ1v) is 10.3. The van der Waals surface area contributed by atoms with Gasteiger partial charge in [-0.2, -0.15) is 0 Å². The number of amides is 1. The van der Waals surface area contributed by atoms with E-state index in [9.17, 15) is 4.79 Å². The summed E-state index contributed by atoms with van der Waals surface area (Å²) in [6.07, 6.45) is 2.13. The molecule has 5 nitrogen and oxygen atoms in total. The van der Waals surface area contributed by atoms with Crippen LogP contribution in [0.25, 0.3) is 0 Å². The van der Waals surface area contributed by atoms with Crippen LogP contribution in [0.4, 0.5) is 0 Å². The lowest BCUT2D eigenvalue weighted by molar-refractivity contribution is 0.0926. The molecule has 1 aliphatic heterocycles. The van der Waals surface area contributed by atoms with Crippen LogP contribution in [0.1, 0.15) is 28.1 Å². The number of ether oxygens (including phenoxy) is 2. The molecule has 0 radical (unpaired) electrons. The van der Waals surface area contributed by atoms with Gasteiger partial charge in [-0.3, -0.25) is 9.69 Å². The molecule has 0 spiro atoms. The van der Waals surface area contributed by atoms with Gasteiger partial charge >= 0.3 is 0 Å². The van der Waals surface area contributed by atoms with Crippen molar-refractivity contribution in [2.45, 2.75) is 25.5 Å². The Bertz CT molecular complexity index is 744. The van der Waals surface area contributed by atoms with Gasteiger partial charge in [0, 0.05) is 43.7 Å². The van der Waals surface area contributed by atoms with Gasteiger partial charge < -0.3 is 14.8 Å². The van der Waals surface area contributed by atoms with Crippen LogP contribution in [0.5, 0.6) is 5.75 Å². The normalized spacial score (nSPS) is 15.6. The molecular weight excluding hydrogens is 384 g/mol. The zero-order valence-corrected chi connectivity index (χ0v) is 17.0. The van der Waals surface area contributed by atoms with Crippen molar-refractivity contribution in [3.8, 4) is 5.75 Å². The van der Waals surface area contributed by atoms with Crippen LogP contribution < -0.4 is 10.1 Å². The molecule has 1 fully saturated rings. The molecule has 2 aromatic rings. The van der Waals surface area contributed by atoms with E-state index in [-0.39, 0.29) is 12.0 Å². The maximum atomic E-state index is 12.1. The Balaban J connectivity index is 1.47. The monoisotopic (exact) mass is 408 g/mol. The molecule has 1 amide bonds. The fourth-order valence-electron chi connectivity index (χ4n) is 3.11. The van der Waals surface area contributed by atoms with Crippen LogP contribution in [0.15, 0.2) is 36.4 Å². The van der Waals surface area contributed by atoms with Crippen molar-refractivity contribution in [1.29, 1.82) is 0 Å². The highest BCUT2D eigenvalue weighted by atomic mass is 35.5. The number of nitrogens with one attached hydrogen (secondary N) is 1. The van der Waals surface area contributed by atoms with Crippen LogP contribution in [0, 0.1) is 0 Å². The van der Waals surface area contributed by atoms with E-state index in [1.807, 2.05) is 24.3 Å². The number of carbonyl (C=O) groups excluding carboxylic acids is 1. The third kappa shape index (κ3) is 6.21. The summed E-state index contributed by atoms with van der Waals surface area (Å²) in [5.41, 5.74) is 0.607. The minimum atomic E-state index is -0.109. The van der Waals surface area contributed by atoms with E-state index in [0.717, 1.165) is 42.6 Å². The maximum absolute atomic E-state index is 12.1. The van der Waals surface area contributed by atoms with E-state index in [1.165, 1.54) is 4.88 Å². The third-order valence-corrected chi connectivity index (χ3v) is 5.75. The van der Waals surface area contributed by atoms with E-state index in [2.05, 4.69) is 16.3 Å². The molecule has 0 saturated carbocycles. The number of thiophene rings is 1. The van der Waals surface area contributed by atoms with E-state index in [0.29, 0.717) is 18.7 Å². The van der Waals surface area contributed by atoms with Crippen molar-refractivity contribution in [2.75, 3.05) is 33.4 Å². The highest BCUT2D eigenvalue weighted by Crippen LogP contribution is 2.25. The second-order valence-electron chi connectivity index (χ2n) is 6.58. The molecule has 1 N–H and O–H groups in total. The Morgan fingerprint density at radius 2 is 2.11 bits per heavy atom. The zero-order valence-electron chi connectivity index (χ0n) is 15.4. The standard InChI is InChI=1S/C20H25ClN2O3S/c1-25-12-9-22-20(24)15-3-2-4-17(13-15)26-16-7-10-23(11-8-16)14-18-5-6-19(21)27-18/h2-6,13,16H,7-12,14H2,1H3,(H,22,24). The first-order chi connectivity index (χ1) is 13.1. The van der Waals surface area contributed by atoms with Gasteiger partial charge in [-0.05, 0) is 43.2 Å². The topological polar surface area (TPSA) is 50.8 Å². The molecule has 1 aromatic carbocycles. The van der Waals surface area contributed by atoms with Crippen molar-refractivity contribution >= 4 is 28.8 Å². The quantitative estimate of drug-likeness (QED) is 0.674. The molecule has 146 valence electrons.